The van der Waals surface area contributed by atoms with Gasteiger partial charge < -0.3 is 14.8 Å². The zero-order valence-electron chi connectivity index (χ0n) is 17.2. The van der Waals surface area contributed by atoms with E-state index in [0.717, 1.165) is 42.4 Å². The Hall–Kier alpha value is -2.35. The molecule has 0 aliphatic carbocycles. The van der Waals surface area contributed by atoms with Crippen molar-refractivity contribution in [1.82, 2.24) is 25.0 Å². The normalized spacial score (nSPS) is 14.7. The fraction of sp³-hybridized carbons (Fsp3) is 0.524. The summed E-state index contributed by atoms with van der Waals surface area (Å²) in [5.41, 5.74) is 2.28. The van der Waals surface area contributed by atoms with Crippen molar-refractivity contribution in [3.63, 3.8) is 0 Å². The average molecular weight is 416 g/mol. The SMILES string of the molecule is CCn1c(CN2CCCCCC2=O)nnc1SCC(=O)NCc1ccccc1C. The van der Waals surface area contributed by atoms with Crippen LogP contribution in [0.4, 0.5) is 0 Å². The van der Waals surface area contributed by atoms with E-state index < -0.39 is 0 Å². The first-order valence-electron chi connectivity index (χ1n) is 10.2. The zero-order valence-corrected chi connectivity index (χ0v) is 18.0. The van der Waals surface area contributed by atoms with Gasteiger partial charge in [-0.1, -0.05) is 42.4 Å². The minimum Gasteiger partial charge on any atom is -0.351 e. The number of hydrogen-bond donors (Lipinski definition) is 1. The molecule has 2 aromatic rings. The number of rotatable bonds is 8. The number of hydrogen-bond acceptors (Lipinski definition) is 5. The molecule has 2 heterocycles. The molecule has 0 atom stereocenters. The van der Waals surface area contributed by atoms with Crippen LogP contribution in [-0.2, 0) is 29.2 Å². The molecule has 0 unspecified atom stereocenters. The molecule has 0 spiro atoms. The van der Waals surface area contributed by atoms with Gasteiger partial charge in [0.15, 0.2) is 11.0 Å². The number of nitrogens with one attached hydrogen (secondary N) is 1. The average Bonchev–Trinajstić information content (AvgIpc) is 2.99. The van der Waals surface area contributed by atoms with E-state index in [2.05, 4.69) is 15.5 Å². The summed E-state index contributed by atoms with van der Waals surface area (Å²) in [6.07, 6.45) is 3.72. The quantitative estimate of drug-likeness (QED) is 0.671. The van der Waals surface area contributed by atoms with E-state index in [1.807, 2.05) is 47.6 Å². The zero-order chi connectivity index (χ0) is 20.6. The lowest BCUT2D eigenvalue weighted by atomic mass is 10.1. The Labute approximate surface area is 176 Å². The molecule has 1 fully saturated rings. The Bertz CT molecular complexity index is 851. The lowest BCUT2D eigenvalue weighted by Crippen LogP contribution is -2.31. The number of likely N-dealkylation sites (tertiary alicyclic amines) is 1. The van der Waals surface area contributed by atoms with Gasteiger partial charge in [-0.2, -0.15) is 0 Å². The third-order valence-electron chi connectivity index (χ3n) is 5.18. The standard InChI is InChI=1S/C21H29N5O2S/c1-3-26-18(14-25-12-8-4-5-11-20(25)28)23-24-21(26)29-15-19(27)22-13-17-10-7-6-9-16(17)2/h6-7,9-10H,3-5,8,11-15H2,1-2H3,(H,22,27). The highest BCUT2D eigenvalue weighted by atomic mass is 32.2. The molecule has 1 aliphatic heterocycles. The Balaban J connectivity index is 1.55. The van der Waals surface area contributed by atoms with Crippen LogP contribution in [0.1, 0.15) is 49.6 Å². The fourth-order valence-corrected chi connectivity index (χ4v) is 4.27. The molecule has 1 saturated heterocycles. The molecule has 3 rings (SSSR count). The first kappa shape index (κ1) is 21.4. The minimum absolute atomic E-state index is 0.0341. The molecule has 1 aromatic carbocycles. The van der Waals surface area contributed by atoms with E-state index in [1.165, 1.54) is 17.3 Å². The van der Waals surface area contributed by atoms with Crippen molar-refractivity contribution in [2.75, 3.05) is 12.3 Å². The fourth-order valence-electron chi connectivity index (χ4n) is 3.42. The number of carbonyl (C=O) groups is 2. The van der Waals surface area contributed by atoms with Gasteiger partial charge in [-0.05, 0) is 37.8 Å². The smallest absolute Gasteiger partial charge is 0.230 e. The van der Waals surface area contributed by atoms with Gasteiger partial charge in [0.2, 0.25) is 11.8 Å². The molecule has 1 aliphatic rings. The maximum Gasteiger partial charge on any atom is 0.230 e. The lowest BCUT2D eigenvalue weighted by Gasteiger charge is -2.20. The van der Waals surface area contributed by atoms with Crippen molar-refractivity contribution >= 4 is 23.6 Å². The predicted molar refractivity (Wildman–Crippen MR) is 113 cm³/mol. The van der Waals surface area contributed by atoms with Crippen LogP contribution >= 0.6 is 11.8 Å². The van der Waals surface area contributed by atoms with Crippen LogP contribution in [0.25, 0.3) is 0 Å². The number of aromatic nitrogens is 3. The molecule has 0 saturated carbocycles. The van der Waals surface area contributed by atoms with Gasteiger partial charge >= 0.3 is 0 Å². The second-order valence-electron chi connectivity index (χ2n) is 7.26. The van der Waals surface area contributed by atoms with Gasteiger partial charge in [-0.15, -0.1) is 10.2 Å². The summed E-state index contributed by atoms with van der Waals surface area (Å²) in [7, 11) is 0. The first-order valence-corrected chi connectivity index (χ1v) is 11.2. The summed E-state index contributed by atoms with van der Waals surface area (Å²) >= 11 is 1.38. The number of amides is 2. The number of aryl methyl sites for hydroxylation is 1. The van der Waals surface area contributed by atoms with E-state index in [4.69, 9.17) is 0 Å². The molecule has 2 amide bonds. The van der Waals surface area contributed by atoms with Gasteiger partial charge in [-0.25, -0.2) is 0 Å². The predicted octanol–water partition coefficient (Wildman–Crippen LogP) is 2.92. The molecule has 7 nitrogen and oxygen atoms in total. The van der Waals surface area contributed by atoms with Crippen molar-refractivity contribution in [2.45, 2.75) is 64.3 Å². The second kappa shape index (κ2) is 10.4. The topological polar surface area (TPSA) is 80.1 Å². The highest BCUT2D eigenvalue weighted by Crippen LogP contribution is 2.19. The van der Waals surface area contributed by atoms with Crippen LogP contribution in [0.3, 0.4) is 0 Å². The van der Waals surface area contributed by atoms with E-state index in [9.17, 15) is 9.59 Å². The highest BCUT2D eigenvalue weighted by molar-refractivity contribution is 7.99. The summed E-state index contributed by atoms with van der Waals surface area (Å²) in [5, 5.41) is 12.2. The Morgan fingerprint density at radius 3 is 2.83 bits per heavy atom. The van der Waals surface area contributed by atoms with Gasteiger partial charge in [0.05, 0.1) is 12.3 Å². The van der Waals surface area contributed by atoms with Crippen LogP contribution in [0, 0.1) is 6.92 Å². The van der Waals surface area contributed by atoms with Crippen molar-refractivity contribution in [2.24, 2.45) is 0 Å². The molecular formula is C21H29N5O2S. The Morgan fingerprint density at radius 2 is 2.03 bits per heavy atom. The maximum absolute atomic E-state index is 12.3. The summed E-state index contributed by atoms with van der Waals surface area (Å²) in [6.45, 7) is 6.56. The van der Waals surface area contributed by atoms with Crippen molar-refractivity contribution in [3.05, 3.63) is 41.2 Å². The molecule has 1 N–H and O–H groups in total. The van der Waals surface area contributed by atoms with Gasteiger partial charge in [-0.3, -0.25) is 9.59 Å². The van der Waals surface area contributed by atoms with Gasteiger partial charge in [0.1, 0.15) is 0 Å². The van der Waals surface area contributed by atoms with E-state index >= 15 is 0 Å². The third-order valence-corrected chi connectivity index (χ3v) is 6.15. The molecule has 0 bridgehead atoms. The summed E-state index contributed by atoms with van der Waals surface area (Å²) in [5.74, 6) is 1.23. The Kier molecular flexibility index (Phi) is 7.69. The van der Waals surface area contributed by atoms with E-state index in [1.54, 1.807) is 0 Å². The van der Waals surface area contributed by atoms with Crippen LogP contribution in [0.15, 0.2) is 29.4 Å². The van der Waals surface area contributed by atoms with E-state index in [-0.39, 0.29) is 17.6 Å². The van der Waals surface area contributed by atoms with Crippen LogP contribution < -0.4 is 5.32 Å². The molecule has 29 heavy (non-hydrogen) atoms. The monoisotopic (exact) mass is 415 g/mol. The van der Waals surface area contributed by atoms with Crippen LogP contribution in [0.2, 0.25) is 0 Å². The number of nitrogens with zero attached hydrogens (tertiary/aromatic N) is 4. The minimum atomic E-state index is -0.0341. The largest absolute Gasteiger partial charge is 0.351 e. The third kappa shape index (κ3) is 5.82. The lowest BCUT2D eigenvalue weighted by molar-refractivity contribution is -0.131. The van der Waals surface area contributed by atoms with Gasteiger partial charge in [0, 0.05) is 26.1 Å². The maximum atomic E-state index is 12.3. The second-order valence-corrected chi connectivity index (χ2v) is 8.20. The summed E-state index contributed by atoms with van der Waals surface area (Å²) in [6, 6.07) is 8.03. The number of benzene rings is 1. The molecule has 0 radical (unpaired) electrons. The molecular weight excluding hydrogens is 386 g/mol. The molecule has 156 valence electrons. The summed E-state index contributed by atoms with van der Waals surface area (Å²) < 4.78 is 2.00. The summed E-state index contributed by atoms with van der Waals surface area (Å²) in [4.78, 5) is 26.4. The Morgan fingerprint density at radius 1 is 1.21 bits per heavy atom. The van der Waals surface area contributed by atoms with Crippen LogP contribution in [-0.4, -0.2) is 43.8 Å². The number of carbonyl (C=O) groups excluding carboxylic acids is 2. The number of thioether (sulfide) groups is 1. The highest BCUT2D eigenvalue weighted by Gasteiger charge is 2.21. The van der Waals surface area contributed by atoms with Gasteiger partial charge in [0.25, 0.3) is 0 Å². The van der Waals surface area contributed by atoms with Crippen LogP contribution in [0.5, 0.6) is 0 Å². The molecule has 1 aromatic heterocycles. The molecule has 8 heteroatoms. The first-order chi connectivity index (χ1) is 14.1. The van der Waals surface area contributed by atoms with Crippen molar-refractivity contribution < 1.29 is 9.59 Å². The van der Waals surface area contributed by atoms with Crippen molar-refractivity contribution in [3.8, 4) is 0 Å². The van der Waals surface area contributed by atoms with Crippen molar-refractivity contribution in [1.29, 1.82) is 0 Å². The van der Waals surface area contributed by atoms with E-state index in [0.29, 0.717) is 26.1 Å².